The maximum Gasteiger partial charge on any atom is 0.256 e. The van der Waals surface area contributed by atoms with Crippen LogP contribution in [0.4, 0.5) is 11.4 Å². The molecule has 1 saturated heterocycles. The summed E-state index contributed by atoms with van der Waals surface area (Å²) in [6, 6.07) is 15.5. The number of unbranched alkanes of at least 4 members (excludes halogenated alkanes) is 3. The Bertz CT molecular complexity index is 1400. The molecular weight excluding hydrogens is 502 g/mol. The van der Waals surface area contributed by atoms with Crippen molar-refractivity contribution in [3.63, 3.8) is 0 Å². The van der Waals surface area contributed by atoms with E-state index in [1.54, 1.807) is 0 Å². The number of amides is 1. The van der Waals surface area contributed by atoms with Crippen molar-refractivity contribution in [1.29, 1.82) is 0 Å². The van der Waals surface area contributed by atoms with E-state index in [4.69, 9.17) is 19.9 Å². The smallest absolute Gasteiger partial charge is 0.256 e. The van der Waals surface area contributed by atoms with Crippen LogP contribution >= 0.6 is 0 Å². The number of nitrogens with zero attached hydrogens (tertiary/aromatic N) is 2. The Balaban J connectivity index is 1.02. The second kappa shape index (κ2) is 12.5. The van der Waals surface area contributed by atoms with Crippen LogP contribution in [-0.4, -0.2) is 42.8 Å². The molecule has 0 unspecified atom stereocenters. The summed E-state index contributed by atoms with van der Waals surface area (Å²) in [6.45, 7) is 8.20. The monoisotopic (exact) mass is 541 g/mol. The predicted molar refractivity (Wildman–Crippen MR) is 160 cm³/mol. The van der Waals surface area contributed by atoms with Gasteiger partial charge in [0.2, 0.25) is 0 Å². The van der Waals surface area contributed by atoms with Crippen LogP contribution in [-0.2, 0) is 0 Å². The van der Waals surface area contributed by atoms with Crippen molar-refractivity contribution in [3.8, 4) is 23.0 Å². The molecule has 0 saturated carbocycles. The summed E-state index contributed by atoms with van der Waals surface area (Å²) in [5.74, 6) is 3.02. The first-order valence-corrected chi connectivity index (χ1v) is 14.3. The number of aliphatic imine (C=N–C) groups is 1. The van der Waals surface area contributed by atoms with Crippen molar-refractivity contribution in [2.24, 2.45) is 4.99 Å². The number of nitrogens with two attached hydrogens (primary N) is 1. The molecule has 2 N–H and O–H groups in total. The van der Waals surface area contributed by atoms with Crippen LogP contribution < -0.4 is 19.9 Å². The molecular formula is C33H39N3O4. The first-order valence-electron chi connectivity index (χ1n) is 14.3. The van der Waals surface area contributed by atoms with Crippen LogP contribution in [0.25, 0.3) is 0 Å². The lowest BCUT2D eigenvalue weighted by atomic mass is 10.1. The standard InChI is InChI=1S/C33H39N3O4/c1-22-10-11-27(17-23(22)2)40-31-13-12-26(19-29(31)34)38-15-6-4-5-7-16-39-32-20-30-28(18-24(32)3)33(37)36-14-8-9-25(36)21-35-30/h10-13,17-21,25H,4-9,14-16,34H2,1-3H3/t25-/m0/s1. The quantitative estimate of drug-likeness (QED) is 0.203. The zero-order valence-corrected chi connectivity index (χ0v) is 23.7. The average Bonchev–Trinajstić information content (AvgIpc) is 3.37. The third-order valence-electron chi connectivity index (χ3n) is 7.72. The number of nitrogen functional groups attached to an aromatic ring is 1. The number of fused-ring (bicyclic) bond motifs is 2. The molecule has 0 aromatic heterocycles. The molecule has 1 atom stereocenters. The second-order valence-electron chi connectivity index (χ2n) is 10.8. The summed E-state index contributed by atoms with van der Waals surface area (Å²) in [5, 5.41) is 0. The molecule has 2 aliphatic heterocycles. The van der Waals surface area contributed by atoms with Crippen molar-refractivity contribution in [2.45, 2.75) is 65.3 Å². The summed E-state index contributed by atoms with van der Waals surface area (Å²) >= 11 is 0. The fraction of sp³-hybridized carbons (Fsp3) is 0.394. The van der Waals surface area contributed by atoms with E-state index in [0.29, 0.717) is 35.9 Å². The Labute approximate surface area is 237 Å². The minimum Gasteiger partial charge on any atom is -0.494 e. The van der Waals surface area contributed by atoms with E-state index in [2.05, 4.69) is 18.8 Å². The Morgan fingerprint density at radius 2 is 1.62 bits per heavy atom. The first kappa shape index (κ1) is 27.6. The fourth-order valence-corrected chi connectivity index (χ4v) is 5.18. The topological polar surface area (TPSA) is 86.4 Å². The van der Waals surface area contributed by atoms with Gasteiger partial charge in [-0.2, -0.15) is 0 Å². The highest BCUT2D eigenvalue weighted by molar-refractivity contribution is 6.03. The Morgan fingerprint density at radius 1 is 0.850 bits per heavy atom. The normalized spacial score (nSPS) is 15.9. The van der Waals surface area contributed by atoms with Gasteiger partial charge in [0.05, 0.1) is 36.2 Å². The van der Waals surface area contributed by atoms with Crippen LogP contribution in [0.5, 0.6) is 23.0 Å². The molecule has 7 nitrogen and oxygen atoms in total. The van der Waals surface area contributed by atoms with Gasteiger partial charge < -0.3 is 24.8 Å². The average molecular weight is 542 g/mol. The molecule has 0 radical (unpaired) electrons. The van der Waals surface area contributed by atoms with Gasteiger partial charge in [0.25, 0.3) is 5.91 Å². The van der Waals surface area contributed by atoms with Crippen molar-refractivity contribution in [3.05, 3.63) is 70.8 Å². The molecule has 2 heterocycles. The van der Waals surface area contributed by atoms with Crippen molar-refractivity contribution in [2.75, 3.05) is 25.5 Å². The highest BCUT2D eigenvalue weighted by Gasteiger charge is 2.32. The van der Waals surface area contributed by atoms with E-state index < -0.39 is 0 Å². The Kier molecular flexibility index (Phi) is 8.58. The number of carbonyl (C=O) groups excluding carboxylic acids is 1. The number of carbonyl (C=O) groups is 1. The Hall–Kier alpha value is -4.00. The van der Waals surface area contributed by atoms with Crippen LogP contribution in [0.1, 0.15) is 65.6 Å². The molecule has 7 heteroatoms. The minimum absolute atomic E-state index is 0.0798. The summed E-state index contributed by atoms with van der Waals surface area (Å²) in [5.41, 5.74) is 11.5. The number of benzene rings is 3. The Morgan fingerprint density at radius 3 is 2.40 bits per heavy atom. The van der Waals surface area contributed by atoms with Crippen LogP contribution in [0.15, 0.2) is 53.5 Å². The summed E-state index contributed by atoms with van der Waals surface area (Å²) in [7, 11) is 0. The van der Waals surface area contributed by atoms with Crippen LogP contribution in [0, 0.1) is 20.8 Å². The zero-order valence-electron chi connectivity index (χ0n) is 23.7. The van der Waals surface area contributed by atoms with E-state index in [-0.39, 0.29) is 11.9 Å². The van der Waals surface area contributed by atoms with E-state index >= 15 is 0 Å². The molecule has 1 amide bonds. The van der Waals surface area contributed by atoms with Gasteiger partial charge in [-0.05, 0) is 106 Å². The van der Waals surface area contributed by atoms with Gasteiger partial charge in [-0.3, -0.25) is 9.79 Å². The van der Waals surface area contributed by atoms with E-state index in [9.17, 15) is 4.79 Å². The second-order valence-corrected chi connectivity index (χ2v) is 10.8. The van der Waals surface area contributed by atoms with E-state index in [1.807, 2.05) is 66.6 Å². The van der Waals surface area contributed by atoms with Gasteiger partial charge in [0.1, 0.15) is 17.2 Å². The van der Waals surface area contributed by atoms with Crippen molar-refractivity contribution in [1.82, 2.24) is 4.90 Å². The van der Waals surface area contributed by atoms with Crippen LogP contribution in [0.2, 0.25) is 0 Å². The molecule has 210 valence electrons. The maximum atomic E-state index is 13.0. The van der Waals surface area contributed by atoms with Crippen molar-refractivity contribution < 1.29 is 19.0 Å². The summed E-state index contributed by atoms with van der Waals surface area (Å²) in [4.78, 5) is 19.5. The molecule has 5 rings (SSSR count). The number of aryl methyl sites for hydroxylation is 3. The SMILES string of the molecule is Cc1ccc(Oc2ccc(OCCCCCCOc3cc4c(cc3C)C(=O)N3CCC[C@H]3C=N4)cc2N)cc1C. The number of anilines is 1. The van der Waals surface area contributed by atoms with Gasteiger partial charge in [-0.15, -0.1) is 0 Å². The predicted octanol–water partition coefficient (Wildman–Crippen LogP) is 7.33. The highest BCUT2D eigenvalue weighted by atomic mass is 16.5. The maximum absolute atomic E-state index is 13.0. The van der Waals surface area contributed by atoms with Crippen molar-refractivity contribution >= 4 is 23.5 Å². The molecule has 3 aromatic rings. The number of ether oxygens (including phenoxy) is 3. The van der Waals surface area contributed by atoms with Crippen LogP contribution in [0.3, 0.4) is 0 Å². The third kappa shape index (κ3) is 6.41. The van der Waals surface area contributed by atoms with Gasteiger partial charge in [0, 0.05) is 24.9 Å². The molecule has 0 aliphatic carbocycles. The third-order valence-corrected chi connectivity index (χ3v) is 7.72. The van der Waals surface area contributed by atoms with E-state index in [1.165, 1.54) is 11.1 Å². The van der Waals surface area contributed by atoms with Gasteiger partial charge in [0.15, 0.2) is 5.75 Å². The lowest BCUT2D eigenvalue weighted by molar-refractivity contribution is 0.0774. The lowest BCUT2D eigenvalue weighted by Crippen LogP contribution is -2.35. The molecule has 0 bridgehead atoms. The molecule has 0 spiro atoms. The molecule has 3 aromatic carbocycles. The summed E-state index contributed by atoms with van der Waals surface area (Å²) in [6.07, 6.45) is 7.94. The zero-order chi connectivity index (χ0) is 28.1. The summed E-state index contributed by atoms with van der Waals surface area (Å²) < 4.78 is 17.9. The minimum atomic E-state index is 0.0798. The van der Waals surface area contributed by atoms with E-state index in [0.717, 1.165) is 67.9 Å². The molecule has 1 fully saturated rings. The van der Waals surface area contributed by atoms with Gasteiger partial charge >= 0.3 is 0 Å². The van der Waals surface area contributed by atoms with Gasteiger partial charge in [-0.25, -0.2) is 0 Å². The van der Waals surface area contributed by atoms with Gasteiger partial charge in [-0.1, -0.05) is 6.07 Å². The first-order chi connectivity index (χ1) is 19.4. The lowest BCUT2D eigenvalue weighted by Gasteiger charge is -2.20. The number of hydrogen-bond acceptors (Lipinski definition) is 6. The highest BCUT2D eigenvalue weighted by Crippen LogP contribution is 2.34. The fourth-order valence-electron chi connectivity index (χ4n) is 5.18. The molecule has 40 heavy (non-hydrogen) atoms. The largest absolute Gasteiger partial charge is 0.494 e. The molecule has 2 aliphatic rings. The number of rotatable bonds is 11. The number of hydrogen-bond donors (Lipinski definition) is 1.